The summed E-state index contributed by atoms with van der Waals surface area (Å²) in [6, 6.07) is 16.1. The lowest BCUT2D eigenvalue weighted by molar-refractivity contribution is -0.384. The predicted octanol–water partition coefficient (Wildman–Crippen LogP) is 6.22. The molecule has 1 heterocycles. The fourth-order valence-corrected chi connectivity index (χ4v) is 3.49. The summed E-state index contributed by atoms with van der Waals surface area (Å²) in [5, 5.41) is 11.5. The van der Waals surface area contributed by atoms with Crippen molar-refractivity contribution in [3.8, 4) is 11.5 Å². The van der Waals surface area contributed by atoms with Gasteiger partial charge in [-0.3, -0.25) is 10.1 Å². The lowest BCUT2D eigenvalue weighted by Gasteiger charge is -2.13. The number of benzene rings is 3. The van der Waals surface area contributed by atoms with Gasteiger partial charge in [-0.1, -0.05) is 29.3 Å². The molecule has 4 rings (SSSR count). The first kappa shape index (κ1) is 24.3. The molecule has 178 valence electrons. The van der Waals surface area contributed by atoms with E-state index in [4.69, 9.17) is 37.4 Å². The third kappa shape index (κ3) is 5.79. The topological polar surface area (TPSA) is 100 Å². The fourth-order valence-electron chi connectivity index (χ4n) is 3.20. The number of cyclic esters (lactones) is 1. The molecule has 8 nitrogen and oxygen atoms in total. The molecule has 0 aliphatic carbocycles. The van der Waals surface area contributed by atoms with Gasteiger partial charge in [0.2, 0.25) is 5.90 Å². The summed E-state index contributed by atoms with van der Waals surface area (Å²) in [7, 11) is 0. The third-order valence-corrected chi connectivity index (χ3v) is 5.64. The summed E-state index contributed by atoms with van der Waals surface area (Å²) >= 11 is 12.0. The Hall–Kier alpha value is -3.88. The van der Waals surface area contributed by atoms with Crippen molar-refractivity contribution in [2.75, 3.05) is 6.61 Å². The monoisotopic (exact) mass is 512 g/mol. The fraction of sp³-hybridized carbons (Fsp3) is 0.120. The molecular formula is C25H18Cl2N2O6. The minimum atomic E-state index is -0.595. The minimum absolute atomic E-state index is 0.0107. The van der Waals surface area contributed by atoms with E-state index in [1.54, 1.807) is 54.6 Å². The molecule has 0 fully saturated rings. The van der Waals surface area contributed by atoms with Crippen molar-refractivity contribution in [2.45, 2.75) is 13.5 Å². The highest BCUT2D eigenvalue weighted by molar-refractivity contribution is 6.42. The number of rotatable bonds is 8. The van der Waals surface area contributed by atoms with Gasteiger partial charge >= 0.3 is 5.97 Å². The van der Waals surface area contributed by atoms with Gasteiger partial charge in [-0.2, -0.15) is 0 Å². The minimum Gasteiger partial charge on any atom is -0.490 e. The largest absolute Gasteiger partial charge is 0.490 e. The maximum Gasteiger partial charge on any atom is 0.363 e. The van der Waals surface area contributed by atoms with E-state index < -0.39 is 10.9 Å². The molecule has 10 heteroatoms. The lowest BCUT2D eigenvalue weighted by Crippen LogP contribution is -2.05. The van der Waals surface area contributed by atoms with Crippen LogP contribution >= 0.6 is 23.2 Å². The molecule has 0 N–H and O–H groups in total. The van der Waals surface area contributed by atoms with E-state index in [-0.39, 0.29) is 23.9 Å². The van der Waals surface area contributed by atoms with Crippen LogP contribution in [-0.4, -0.2) is 23.4 Å². The Bertz CT molecular complexity index is 1350. The summed E-state index contributed by atoms with van der Waals surface area (Å²) in [5.74, 6) is 0.501. The zero-order valence-corrected chi connectivity index (χ0v) is 19.9. The van der Waals surface area contributed by atoms with Gasteiger partial charge < -0.3 is 14.2 Å². The molecular weight excluding hydrogens is 495 g/mol. The van der Waals surface area contributed by atoms with Gasteiger partial charge in [0.25, 0.3) is 5.69 Å². The van der Waals surface area contributed by atoms with Gasteiger partial charge in [0, 0.05) is 17.7 Å². The number of ether oxygens (including phenoxy) is 3. The first-order valence-corrected chi connectivity index (χ1v) is 11.2. The number of esters is 1. The number of nitrogens with zero attached hydrogens (tertiary/aromatic N) is 2. The first-order valence-electron chi connectivity index (χ1n) is 10.4. The zero-order chi connectivity index (χ0) is 24.9. The van der Waals surface area contributed by atoms with Crippen LogP contribution < -0.4 is 9.47 Å². The average Bonchev–Trinajstić information content (AvgIpc) is 3.20. The van der Waals surface area contributed by atoms with E-state index in [0.717, 1.165) is 5.56 Å². The summed E-state index contributed by atoms with van der Waals surface area (Å²) in [5.41, 5.74) is 2.08. The highest BCUT2D eigenvalue weighted by Gasteiger charge is 2.24. The second-order valence-corrected chi connectivity index (χ2v) is 8.13. The molecule has 0 aromatic heterocycles. The van der Waals surface area contributed by atoms with Crippen molar-refractivity contribution in [3.05, 3.63) is 103 Å². The Labute approximate surface area is 210 Å². The molecule has 1 aliphatic heterocycles. The van der Waals surface area contributed by atoms with E-state index in [2.05, 4.69) is 4.99 Å². The van der Waals surface area contributed by atoms with E-state index >= 15 is 0 Å². The Kier molecular flexibility index (Phi) is 7.33. The highest BCUT2D eigenvalue weighted by Crippen LogP contribution is 2.31. The standard InChI is InChI=1S/C25H18Cl2N2O6/c1-2-33-23-12-16(5-10-22(23)34-14-15-3-7-18(8-4-15)29(31)32)11-21-25(30)35-24(28-21)17-6-9-19(26)20(27)13-17/h3-13H,2,14H2,1H3/b21-11-. The molecule has 0 atom stereocenters. The van der Waals surface area contributed by atoms with E-state index in [1.807, 2.05) is 6.92 Å². The number of hydrogen-bond acceptors (Lipinski definition) is 7. The number of nitro groups is 1. The van der Waals surface area contributed by atoms with Gasteiger partial charge in [0.05, 0.1) is 21.6 Å². The van der Waals surface area contributed by atoms with Gasteiger partial charge in [-0.05, 0) is 66.6 Å². The second kappa shape index (κ2) is 10.6. The molecule has 0 saturated carbocycles. The van der Waals surface area contributed by atoms with Crippen LogP contribution in [0.1, 0.15) is 23.6 Å². The molecule has 0 amide bonds. The number of carbonyl (C=O) groups is 1. The van der Waals surface area contributed by atoms with Crippen LogP contribution in [0.4, 0.5) is 5.69 Å². The van der Waals surface area contributed by atoms with Gasteiger partial charge in [-0.15, -0.1) is 0 Å². The van der Waals surface area contributed by atoms with Crippen LogP contribution in [-0.2, 0) is 16.1 Å². The first-order chi connectivity index (χ1) is 16.8. The van der Waals surface area contributed by atoms with Crippen LogP contribution in [0.3, 0.4) is 0 Å². The van der Waals surface area contributed by atoms with Crippen LogP contribution in [0.2, 0.25) is 10.0 Å². The number of carbonyl (C=O) groups excluding carboxylic acids is 1. The van der Waals surface area contributed by atoms with Gasteiger partial charge in [0.15, 0.2) is 17.2 Å². The lowest BCUT2D eigenvalue weighted by atomic mass is 10.1. The number of hydrogen-bond donors (Lipinski definition) is 0. The summed E-state index contributed by atoms with van der Waals surface area (Å²) < 4.78 is 16.8. The molecule has 0 unspecified atom stereocenters. The number of aliphatic imine (C=N–C) groups is 1. The Morgan fingerprint density at radius 1 is 1.00 bits per heavy atom. The SMILES string of the molecule is CCOc1cc(/C=C2\N=C(c3ccc(Cl)c(Cl)c3)OC2=O)ccc1OCc1ccc([N+](=O)[O-])cc1. The Balaban J connectivity index is 1.53. The quantitative estimate of drug-likeness (QED) is 0.153. The van der Waals surface area contributed by atoms with Crippen molar-refractivity contribution < 1.29 is 23.9 Å². The van der Waals surface area contributed by atoms with Crippen molar-refractivity contribution >= 4 is 46.8 Å². The second-order valence-electron chi connectivity index (χ2n) is 7.32. The van der Waals surface area contributed by atoms with E-state index in [1.165, 1.54) is 12.1 Å². The molecule has 0 saturated heterocycles. The molecule has 0 spiro atoms. The Morgan fingerprint density at radius 3 is 2.46 bits per heavy atom. The van der Waals surface area contributed by atoms with Crippen LogP contribution in [0.15, 0.2) is 71.4 Å². The van der Waals surface area contributed by atoms with Crippen molar-refractivity contribution in [1.82, 2.24) is 0 Å². The summed E-state index contributed by atoms with van der Waals surface area (Å²) in [6.45, 7) is 2.44. The molecule has 3 aromatic rings. The van der Waals surface area contributed by atoms with Gasteiger partial charge in [0.1, 0.15) is 6.61 Å². The van der Waals surface area contributed by atoms with E-state index in [9.17, 15) is 14.9 Å². The van der Waals surface area contributed by atoms with Crippen LogP contribution in [0, 0.1) is 10.1 Å². The smallest absolute Gasteiger partial charge is 0.363 e. The molecule has 1 aliphatic rings. The third-order valence-electron chi connectivity index (χ3n) is 4.90. The molecule has 0 radical (unpaired) electrons. The maximum atomic E-state index is 12.4. The predicted molar refractivity (Wildman–Crippen MR) is 132 cm³/mol. The molecule has 35 heavy (non-hydrogen) atoms. The zero-order valence-electron chi connectivity index (χ0n) is 18.4. The highest BCUT2D eigenvalue weighted by atomic mass is 35.5. The average molecular weight is 513 g/mol. The molecule has 0 bridgehead atoms. The van der Waals surface area contributed by atoms with Gasteiger partial charge in [-0.25, -0.2) is 9.79 Å². The van der Waals surface area contributed by atoms with Crippen LogP contribution in [0.5, 0.6) is 11.5 Å². The Morgan fingerprint density at radius 2 is 1.77 bits per heavy atom. The van der Waals surface area contributed by atoms with Crippen molar-refractivity contribution in [3.63, 3.8) is 0 Å². The summed E-state index contributed by atoms with van der Waals surface area (Å²) in [4.78, 5) is 27.0. The number of non-ortho nitro benzene ring substituents is 1. The number of halogens is 2. The van der Waals surface area contributed by atoms with Crippen molar-refractivity contribution in [1.29, 1.82) is 0 Å². The molecule has 3 aromatic carbocycles. The van der Waals surface area contributed by atoms with E-state index in [0.29, 0.717) is 39.3 Å². The van der Waals surface area contributed by atoms with Crippen LogP contribution in [0.25, 0.3) is 6.08 Å². The number of nitro benzene ring substituents is 1. The maximum absolute atomic E-state index is 12.4. The summed E-state index contributed by atoms with van der Waals surface area (Å²) in [6.07, 6.45) is 1.58. The van der Waals surface area contributed by atoms with Crippen molar-refractivity contribution in [2.24, 2.45) is 4.99 Å². The normalized spacial score (nSPS) is 14.0.